The zero-order valence-electron chi connectivity index (χ0n) is 17.4. The van der Waals surface area contributed by atoms with Gasteiger partial charge < -0.3 is 15.4 Å². The van der Waals surface area contributed by atoms with Gasteiger partial charge in [-0.1, -0.05) is 15.9 Å². The van der Waals surface area contributed by atoms with Crippen LogP contribution in [0.5, 0.6) is 5.75 Å². The van der Waals surface area contributed by atoms with Crippen LogP contribution in [0.3, 0.4) is 0 Å². The van der Waals surface area contributed by atoms with Gasteiger partial charge in [-0.15, -0.1) is 0 Å². The molecule has 28 heavy (non-hydrogen) atoms. The summed E-state index contributed by atoms with van der Waals surface area (Å²) in [6, 6.07) is 8.31. The lowest BCUT2D eigenvalue weighted by Crippen LogP contribution is -2.30. The minimum atomic E-state index is -1.77. The molecule has 2 N–H and O–H groups in total. The van der Waals surface area contributed by atoms with Crippen LogP contribution in [-0.4, -0.2) is 29.6 Å². The zero-order chi connectivity index (χ0) is 21.3. The Bertz CT molecular complexity index is 1080. The molecule has 0 saturated carbocycles. The molecule has 7 heteroatoms. The standard InChI is InChI=1S/C21H22BrFN4O/c1-13-8-16-19(10-20(13)28-11-14-4-6-24-7-5-14)25-12-26-21(16)27-18-3-2-15(22)9-17(18)23/h2-3,8-10,12,14,24H,4-7,11H2,1H3,(H,25,26,27)/i11D2. The normalized spacial score (nSPS) is 16.5. The first-order chi connectivity index (χ1) is 14.3. The summed E-state index contributed by atoms with van der Waals surface area (Å²) in [7, 11) is 0. The molecule has 146 valence electrons. The summed E-state index contributed by atoms with van der Waals surface area (Å²) in [5.74, 6) is 0.350. The number of benzene rings is 2. The fraction of sp³-hybridized carbons (Fsp3) is 0.333. The number of nitrogens with one attached hydrogen (secondary N) is 2. The number of hydrogen-bond acceptors (Lipinski definition) is 5. The molecule has 1 fully saturated rings. The first kappa shape index (κ1) is 16.7. The quantitative estimate of drug-likeness (QED) is 0.579. The molecular formula is C21H22BrFN4O. The van der Waals surface area contributed by atoms with E-state index in [1.54, 1.807) is 18.2 Å². The molecule has 0 aliphatic carbocycles. The Balaban J connectivity index is 1.64. The number of fused-ring (bicyclic) bond motifs is 1. The molecule has 5 nitrogen and oxygen atoms in total. The third kappa shape index (κ3) is 4.25. The maximum Gasteiger partial charge on any atom is 0.147 e. The number of aryl methyl sites for hydroxylation is 1. The van der Waals surface area contributed by atoms with Crippen molar-refractivity contribution in [2.75, 3.05) is 25.0 Å². The van der Waals surface area contributed by atoms with Gasteiger partial charge in [0.25, 0.3) is 0 Å². The van der Waals surface area contributed by atoms with E-state index in [9.17, 15) is 4.39 Å². The van der Waals surface area contributed by atoms with Gasteiger partial charge in [0.05, 0.1) is 20.5 Å². The number of nitrogens with zero attached hydrogens (tertiary/aromatic N) is 2. The summed E-state index contributed by atoms with van der Waals surface area (Å²) in [5, 5.41) is 6.97. The van der Waals surface area contributed by atoms with Gasteiger partial charge in [0.1, 0.15) is 23.7 Å². The molecule has 0 spiro atoms. The van der Waals surface area contributed by atoms with Crippen molar-refractivity contribution in [3.05, 3.63) is 52.5 Å². The minimum absolute atomic E-state index is 0.170. The van der Waals surface area contributed by atoms with Crippen molar-refractivity contribution in [1.29, 1.82) is 0 Å². The molecule has 1 aromatic heterocycles. The molecule has 0 bridgehead atoms. The van der Waals surface area contributed by atoms with Crippen LogP contribution in [-0.2, 0) is 0 Å². The summed E-state index contributed by atoms with van der Waals surface area (Å²) in [4.78, 5) is 8.56. The van der Waals surface area contributed by atoms with E-state index in [1.807, 2.05) is 13.0 Å². The minimum Gasteiger partial charge on any atom is -0.493 e. The van der Waals surface area contributed by atoms with E-state index in [2.05, 4.69) is 36.5 Å². The second kappa shape index (κ2) is 8.41. The fourth-order valence-corrected chi connectivity index (χ4v) is 3.54. The largest absolute Gasteiger partial charge is 0.493 e. The van der Waals surface area contributed by atoms with Crippen molar-refractivity contribution in [2.24, 2.45) is 5.92 Å². The predicted octanol–water partition coefficient (Wildman–Crippen LogP) is 4.96. The molecule has 0 radical (unpaired) electrons. The Morgan fingerprint density at radius 3 is 2.89 bits per heavy atom. The monoisotopic (exact) mass is 446 g/mol. The number of aromatic nitrogens is 2. The van der Waals surface area contributed by atoms with Crippen molar-refractivity contribution in [2.45, 2.75) is 19.8 Å². The van der Waals surface area contributed by atoms with Crippen molar-refractivity contribution < 1.29 is 11.9 Å². The van der Waals surface area contributed by atoms with E-state index in [1.165, 1.54) is 12.4 Å². The molecule has 2 heterocycles. The Labute approximate surface area is 174 Å². The number of rotatable bonds is 5. The van der Waals surface area contributed by atoms with E-state index >= 15 is 0 Å². The summed E-state index contributed by atoms with van der Waals surface area (Å²) >= 11 is 3.25. The van der Waals surface area contributed by atoms with Crippen LogP contribution in [0.4, 0.5) is 15.9 Å². The average Bonchev–Trinajstić information content (AvgIpc) is 2.71. The second-order valence-electron chi connectivity index (χ2n) is 6.85. The number of hydrogen-bond donors (Lipinski definition) is 2. The van der Waals surface area contributed by atoms with E-state index < -0.39 is 12.4 Å². The summed E-state index contributed by atoms with van der Waals surface area (Å²) < 4.78 is 37.6. The Morgan fingerprint density at radius 2 is 2.11 bits per heavy atom. The number of piperidine rings is 1. The van der Waals surface area contributed by atoms with E-state index in [0.29, 0.717) is 32.6 Å². The number of anilines is 2. The summed E-state index contributed by atoms with van der Waals surface area (Å²) in [5.41, 5.74) is 1.65. The van der Waals surface area contributed by atoms with E-state index in [4.69, 9.17) is 7.48 Å². The maximum atomic E-state index is 14.2. The molecule has 3 aromatic rings. The molecule has 2 aromatic carbocycles. The first-order valence-electron chi connectivity index (χ1n) is 10.2. The Hall–Kier alpha value is -2.25. The van der Waals surface area contributed by atoms with Gasteiger partial charge in [-0.25, -0.2) is 14.4 Å². The maximum absolute atomic E-state index is 14.2. The Kier molecular flexibility index (Phi) is 5.01. The molecule has 0 amide bonds. The number of halogens is 2. The molecule has 1 aliphatic rings. The van der Waals surface area contributed by atoms with Crippen LogP contribution < -0.4 is 15.4 Å². The number of ether oxygens (including phenoxy) is 1. The molecule has 0 unspecified atom stereocenters. The van der Waals surface area contributed by atoms with Crippen LogP contribution >= 0.6 is 15.9 Å². The van der Waals surface area contributed by atoms with E-state index in [0.717, 1.165) is 31.5 Å². The fourth-order valence-electron chi connectivity index (χ4n) is 3.21. The highest BCUT2D eigenvalue weighted by Gasteiger charge is 2.15. The SMILES string of the molecule is [2H]C([2H])(Oc1cc2ncnc(Nc3ccc(Br)cc3F)c2cc1C)C1CCNCC1. The van der Waals surface area contributed by atoms with Gasteiger partial charge in [-0.05, 0) is 68.6 Å². The topological polar surface area (TPSA) is 59.1 Å². The zero-order valence-corrected chi connectivity index (χ0v) is 17.0. The summed E-state index contributed by atoms with van der Waals surface area (Å²) in [6.07, 6.45) is 2.85. The van der Waals surface area contributed by atoms with Gasteiger partial charge in [-0.2, -0.15) is 0 Å². The van der Waals surface area contributed by atoms with Crippen molar-refractivity contribution >= 4 is 38.3 Å². The van der Waals surface area contributed by atoms with Gasteiger partial charge in [0.2, 0.25) is 0 Å². The Morgan fingerprint density at radius 1 is 1.29 bits per heavy atom. The lowest BCUT2D eigenvalue weighted by atomic mass is 9.99. The van der Waals surface area contributed by atoms with Gasteiger partial charge in [0.15, 0.2) is 0 Å². The van der Waals surface area contributed by atoms with Crippen molar-refractivity contribution in [3.63, 3.8) is 0 Å². The lowest BCUT2D eigenvalue weighted by Gasteiger charge is -2.23. The second-order valence-corrected chi connectivity index (χ2v) is 7.77. The van der Waals surface area contributed by atoms with E-state index in [-0.39, 0.29) is 5.92 Å². The van der Waals surface area contributed by atoms with Crippen LogP contribution in [0.25, 0.3) is 10.9 Å². The predicted molar refractivity (Wildman–Crippen MR) is 113 cm³/mol. The highest BCUT2D eigenvalue weighted by molar-refractivity contribution is 9.10. The molecule has 0 atom stereocenters. The third-order valence-corrected chi connectivity index (χ3v) is 5.28. The van der Waals surface area contributed by atoms with Crippen molar-refractivity contribution in [3.8, 4) is 5.75 Å². The summed E-state index contributed by atoms with van der Waals surface area (Å²) in [6.45, 7) is 1.66. The van der Waals surface area contributed by atoms with Crippen LogP contribution in [0, 0.1) is 18.7 Å². The van der Waals surface area contributed by atoms with Gasteiger partial charge in [-0.3, -0.25) is 0 Å². The van der Waals surface area contributed by atoms with Gasteiger partial charge >= 0.3 is 0 Å². The van der Waals surface area contributed by atoms with Crippen molar-refractivity contribution in [1.82, 2.24) is 15.3 Å². The third-order valence-electron chi connectivity index (χ3n) is 4.79. The highest BCUT2D eigenvalue weighted by atomic mass is 79.9. The van der Waals surface area contributed by atoms with Crippen LogP contribution in [0.2, 0.25) is 0 Å². The first-order valence-corrected chi connectivity index (χ1v) is 10.00. The molecular weight excluding hydrogens is 423 g/mol. The van der Waals surface area contributed by atoms with Crippen LogP contribution in [0.15, 0.2) is 41.1 Å². The molecule has 1 saturated heterocycles. The molecule has 4 rings (SSSR count). The average molecular weight is 447 g/mol. The lowest BCUT2D eigenvalue weighted by molar-refractivity contribution is 0.214. The highest BCUT2D eigenvalue weighted by Crippen LogP contribution is 2.31. The molecule has 1 aliphatic heterocycles. The van der Waals surface area contributed by atoms with Crippen LogP contribution in [0.1, 0.15) is 21.1 Å². The van der Waals surface area contributed by atoms with Gasteiger partial charge in [0, 0.05) is 15.9 Å². The smallest absolute Gasteiger partial charge is 0.147 e.